The van der Waals surface area contributed by atoms with E-state index in [4.69, 9.17) is 13.8 Å². The van der Waals surface area contributed by atoms with Crippen LogP contribution in [0, 0.1) is 5.92 Å². The summed E-state index contributed by atoms with van der Waals surface area (Å²) >= 11 is -2.31. The third-order valence-corrected chi connectivity index (χ3v) is 2.64. The third kappa shape index (κ3) is 6.48. The number of hydrogen-bond acceptors (Lipinski definition) is 3. The van der Waals surface area contributed by atoms with Crippen LogP contribution in [0.25, 0.3) is 0 Å². The smallest absolute Gasteiger partial charge is 0.302 e. The molecule has 2 unspecified atom stereocenters. The first-order chi connectivity index (χ1) is 6.39. The summed E-state index contributed by atoms with van der Waals surface area (Å²) in [5.74, 6) is 0.595. The summed E-state index contributed by atoms with van der Waals surface area (Å²) in [6.07, 6.45) is 2.50. The lowest BCUT2D eigenvalue weighted by Crippen LogP contribution is -2.33. The minimum atomic E-state index is -2.31. The van der Waals surface area contributed by atoms with E-state index in [0.717, 1.165) is 12.8 Å². The van der Waals surface area contributed by atoms with Crippen LogP contribution in [0.15, 0.2) is 0 Å². The lowest BCUT2D eigenvalue weighted by molar-refractivity contribution is 0.0196. The molecule has 0 saturated heterocycles. The van der Waals surface area contributed by atoms with Crippen LogP contribution in [0.4, 0.5) is 0 Å². The van der Waals surface area contributed by atoms with Gasteiger partial charge in [-0.05, 0) is 19.3 Å². The fourth-order valence-corrected chi connectivity index (χ4v) is 1.68. The average Bonchev–Trinajstić information content (AvgIpc) is 2.02. The van der Waals surface area contributed by atoms with Crippen molar-refractivity contribution in [1.29, 1.82) is 0 Å². The predicted octanol–water partition coefficient (Wildman–Crippen LogP) is 1.72. The third-order valence-electron chi connectivity index (χ3n) is 2.09. The van der Waals surface area contributed by atoms with Crippen molar-refractivity contribution in [3.8, 4) is 0 Å². The summed E-state index contributed by atoms with van der Waals surface area (Å²) in [5, 5.41) is 9.03. The first-order valence-corrected chi connectivity index (χ1v) is 5.84. The van der Waals surface area contributed by atoms with Crippen molar-refractivity contribution in [2.45, 2.75) is 45.6 Å². The van der Waals surface area contributed by atoms with Gasteiger partial charge in [0.25, 0.3) is 0 Å². The van der Waals surface area contributed by atoms with E-state index in [2.05, 4.69) is 13.8 Å². The standard InChI is InChI=1S/C9H20O4S/c1-8(2)5-4-6-9(3,7-10)13-14(11)12/h8,10H,4-7H2,1-3H3,(H,11,12). The van der Waals surface area contributed by atoms with Gasteiger partial charge in [0, 0.05) is 0 Å². The summed E-state index contributed by atoms with van der Waals surface area (Å²) in [6.45, 7) is 5.63. The molecule has 0 radical (unpaired) electrons. The molecule has 0 aliphatic rings. The Morgan fingerprint density at radius 1 is 1.50 bits per heavy atom. The normalized spacial score (nSPS) is 18.1. The van der Waals surface area contributed by atoms with E-state index >= 15 is 0 Å². The molecule has 14 heavy (non-hydrogen) atoms. The summed E-state index contributed by atoms with van der Waals surface area (Å²) in [5.41, 5.74) is -0.894. The maximum Gasteiger partial charge on any atom is 0.302 e. The van der Waals surface area contributed by atoms with Gasteiger partial charge in [-0.1, -0.05) is 26.7 Å². The van der Waals surface area contributed by atoms with Gasteiger partial charge in [-0.3, -0.25) is 8.74 Å². The van der Waals surface area contributed by atoms with E-state index in [1.807, 2.05) is 0 Å². The van der Waals surface area contributed by atoms with Crippen molar-refractivity contribution in [2.75, 3.05) is 6.61 Å². The van der Waals surface area contributed by atoms with Crippen molar-refractivity contribution in [3.05, 3.63) is 0 Å². The highest BCUT2D eigenvalue weighted by molar-refractivity contribution is 7.74. The zero-order chi connectivity index (χ0) is 11.2. The Hall–Kier alpha value is 0.0300. The Labute approximate surface area is 88.2 Å². The Balaban J connectivity index is 3.92. The molecule has 0 rings (SSSR count). The van der Waals surface area contributed by atoms with Gasteiger partial charge in [0.05, 0.1) is 6.61 Å². The van der Waals surface area contributed by atoms with E-state index in [1.54, 1.807) is 6.92 Å². The van der Waals surface area contributed by atoms with Crippen LogP contribution in [-0.4, -0.2) is 26.1 Å². The lowest BCUT2D eigenvalue weighted by atomic mass is 9.97. The summed E-state index contributed by atoms with van der Waals surface area (Å²) < 4.78 is 23.8. The van der Waals surface area contributed by atoms with Crippen molar-refractivity contribution in [1.82, 2.24) is 0 Å². The topological polar surface area (TPSA) is 66.8 Å². The van der Waals surface area contributed by atoms with Gasteiger partial charge in [-0.25, -0.2) is 0 Å². The molecule has 4 nitrogen and oxygen atoms in total. The van der Waals surface area contributed by atoms with Crippen molar-refractivity contribution in [3.63, 3.8) is 0 Å². The van der Waals surface area contributed by atoms with Crippen LogP contribution in [-0.2, 0) is 15.5 Å². The monoisotopic (exact) mass is 224 g/mol. The zero-order valence-corrected chi connectivity index (χ0v) is 9.84. The van der Waals surface area contributed by atoms with E-state index in [9.17, 15) is 4.21 Å². The van der Waals surface area contributed by atoms with Gasteiger partial charge < -0.3 is 5.11 Å². The number of aliphatic hydroxyl groups is 1. The second-order valence-corrected chi connectivity index (χ2v) is 4.80. The molecule has 0 amide bonds. The van der Waals surface area contributed by atoms with E-state index in [0.29, 0.717) is 12.3 Å². The van der Waals surface area contributed by atoms with Crippen molar-refractivity contribution < 1.29 is 18.1 Å². The van der Waals surface area contributed by atoms with E-state index in [-0.39, 0.29) is 6.61 Å². The molecule has 0 aromatic rings. The van der Waals surface area contributed by atoms with Gasteiger partial charge in [-0.2, -0.15) is 4.21 Å². The molecule has 0 spiro atoms. The van der Waals surface area contributed by atoms with Gasteiger partial charge in [-0.15, -0.1) is 0 Å². The largest absolute Gasteiger partial charge is 0.393 e. The molecule has 0 saturated carbocycles. The molecular formula is C9H20O4S. The second-order valence-electron chi connectivity index (χ2n) is 4.19. The van der Waals surface area contributed by atoms with Crippen molar-refractivity contribution >= 4 is 11.4 Å². The van der Waals surface area contributed by atoms with Crippen LogP contribution in [0.1, 0.15) is 40.0 Å². The molecule has 86 valence electrons. The molecule has 0 fully saturated rings. The van der Waals surface area contributed by atoms with E-state index in [1.165, 1.54) is 0 Å². The summed E-state index contributed by atoms with van der Waals surface area (Å²) in [4.78, 5) is 0. The van der Waals surface area contributed by atoms with Gasteiger partial charge in [0.1, 0.15) is 5.60 Å². The van der Waals surface area contributed by atoms with E-state index < -0.39 is 17.0 Å². The Bertz CT molecular complexity index is 184. The first kappa shape index (κ1) is 14.0. The molecule has 0 aromatic heterocycles. The van der Waals surface area contributed by atoms with Crippen LogP contribution < -0.4 is 0 Å². The fourth-order valence-electron chi connectivity index (χ4n) is 1.20. The molecular weight excluding hydrogens is 204 g/mol. The molecule has 5 heteroatoms. The lowest BCUT2D eigenvalue weighted by Gasteiger charge is -2.25. The number of rotatable bonds is 7. The Morgan fingerprint density at radius 3 is 2.43 bits per heavy atom. The van der Waals surface area contributed by atoms with Crippen LogP contribution in [0.3, 0.4) is 0 Å². The fraction of sp³-hybridized carbons (Fsp3) is 1.00. The molecule has 0 aliphatic heterocycles. The molecule has 0 heterocycles. The maximum atomic E-state index is 10.4. The Kier molecular flexibility index (Phi) is 6.52. The number of hydrogen-bond donors (Lipinski definition) is 2. The minimum absolute atomic E-state index is 0.239. The highest BCUT2D eigenvalue weighted by atomic mass is 32.2. The molecule has 2 atom stereocenters. The zero-order valence-electron chi connectivity index (χ0n) is 9.02. The molecule has 0 aliphatic carbocycles. The molecule has 0 aromatic carbocycles. The summed E-state index contributed by atoms with van der Waals surface area (Å²) in [7, 11) is 0. The van der Waals surface area contributed by atoms with Gasteiger partial charge in [0.2, 0.25) is 0 Å². The molecule has 0 bridgehead atoms. The quantitative estimate of drug-likeness (QED) is 0.646. The van der Waals surface area contributed by atoms with Crippen LogP contribution >= 0.6 is 0 Å². The van der Waals surface area contributed by atoms with Crippen LogP contribution in [0.5, 0.6) is 0 Å². The minimum Gasteiger partial charge on any atom is -0.393 e. The van der Waals surface area contributed by atoms with Gasteiger partial charge in [0.15, 0.2) is 0 Å². The highest BCUT2D eigenvalue weighted by Crippen LogP contribution is 2.20. The maximum absolute atomic E-state index is 10.4. The molecule has 2 N–H and O–H groups in total. The SMILES string of the molecule is CC(C)CCCC(C)(CO)OS(=O)O. The number of aliphatic hydroxyl groups excluding tert-OH is 1. The Morgan fingerprint density at radius 2 is 2.07 bits per heavy atom. The summed E-state index contributed by atoms with van der Waals surface area (Å²) in [6, 6.07) is 0. The van der Waals surface area contributed by atoms with Crippen LogP contribution in [0.2, 0.25) is 0 Å². The highest BCUT2D eigenvalue weighted by Gasteiger charge is 2.26. The first-order valence-electron chi connectivity index (χ1n) is 4.81. The van der Waals surface area contributed by atoms with Crippen molar-refractivity contribution in [2.24, 2.45) is 5.92 Å². The average molecular weight is 224 g/mol. The van der Waals surface area contributed by atoms with Gasteiger partial charge >= 0.3 is 11.4 Å². The second kappa shape index (κ2) is 6.50. The predicted molar refractivity (Wildman–Crippen MR) is 56.0 cm³/mol.